The van der Waals surface area contributed by atoms with Gasteiger partial charge in [-0.2, -0.15) is 18.3 Å². The lowest BCUT2D eigenvalue weighted by Crippen LogP contribution is -2.48. The summed E-state index contributed by atoms with van der Waals surface area (Å²) >= 11 is 0. The van der Waals surface area contributed by atoms with Crippen LogP contribution in [0.15, 0.2) is 6.07 Å². The van der Waals surface area contributed by atoms with Gasteiger partial charge < -0.3 is 14.4 Å². The summed E-state index contributed by atoms with van der Waals surface area (Å²) in [5.41, 5.74) is 0.187. The highest BCUT2D eigenvalue weighted by Gasteiger charge is 2.43. The standard InChI is InChI=1S/C13H14F3N3O4/c1-7-4-8(19(17-7)6-13(14,15)16)11(20)18-3-2-9-10(5-18)23-12(21)22-9/h4,9-10H,2-3,5-6H2,1H3. The Kier molecular flexibility index (Phi) is 3.69. The van der Waals surface area contributed by atoms with Crippen molar-refractivity contribution in [1.82, 2.24) is 14.7 Å². The van der Waals surface area contributed by atoms with Crippen LogP contribution in [0, 0.1) is 6.92 Å². The van der Waals surface area contributed by atoms with Gasteiger partial charge in [-0.25, -0.2) is 4.79 Å². The van der Waals surface area contributed by atoms with Crippen molar-refractivity contribution in [2.75, 3.05) is 13.1 Å². The number of hydrogen-bond donors (Lipinski definition) is 0. The summed E-state index contributed by atoms with van der Waals surface area (Å²) < 4.78 is 48.3. The van der Waals surface area contributed by atoms with Gasteiger partial charge in [-0.15, -0.1) is 0 Å². The Balaban J connectivity index is 1.77. The normalized spacial score (nSPS) is 24.2. The van der Waals surface area contributed by atoms with Crippen molar-refractivity contribution in [3.8, 4) is 0 Å². The number of halogens is 3. The molecule has 3 heterocycles. The molecule has 2 aliphatic rings. The maximum Gasteiger partial charge on any atom is 0.509 e. The molecule has 0 spiro atoms. The number of piperidine rings is 1. The van der Waals surface area contributed by atoms with E-state index in [1.165, 1.54) is 17.9 Å². The van der Waals surface area contributed by atoms with Gasteiger partial charge in [0, 0.05) is 13.0 Å². The number of amides is 1. The van der Waals surface area contributed by atoms with Crippen molar-refractivity contribution in [2.45, 2.75) is 38.3 Å². The number of nitrogens with zero attached hydrogens (tertiary/aromatic N) is 3. The molecule has 126 valence electrons. The monoisotopic (exact) mass is 333 g/mol. The van der Waals surface area contributed by atoms with E-state index in [2.05, 4.69) is 5.10 Å². The lowest BCUT2D eigenvalue weighted by Gasteiger charge is -2.31. The van der Waals surface area contributed by atoms with Gasteiger partial charge in [0.1, 0.15) is 18.3 Å². The van der Waals surface area contributed by atoms with Crippen LogP contribution in [0.1, 0.15) is 22.6 Å². The van der Waals surface area contributed by atoms with E-state index in [4.69, 9.17) is 9.47 Å². The van der Waals surface area contributed by atoms with E-state index in [0.29, 0.717) is 16.8 Å². The van der Waals surface area contributed by atoms with Crippen LogP contribution in [0.4, 0.5) is 18.0 Å². The second-order valence-electron chi connectivity index (χ2n) is 5.55. The molecule has 2 atom stereocenters. The number of carbonyl (C=O) groups is 2. The Labute approximate surface area is 128 Å². The van der Waals surface area contributed by atoms with E-state index in [1.54, 1.807) is 0 Å². The van der Waals surface area contributed by atoms with Gasteiger partial charge in [0.2, 0.25) is 0 Å². The molecule has 2 unspecified atom stereocenters. The van der Waals surface area contributed by atoms with Gasteiger partial charge in [-0.1, -0.05) is 0 Å². The van der Waals surface area contributed by atoms with Crippen LogP contribution in [0.5, 0.6) is 0 Å². The van der Waals surface area contributed by atoms with E-state index in [0.717, 1.165) is 0 Å². The molecule has 10 heteroatoms. The maximum absolute atomic E-state index is 12.6. The predicted octanol–water partition coefficient (Wildman–Crippen LogP) is 1.50. The van der Waals surface area contributed by atoms with Gasteiger partial charge in [-0.3, -0.25) is 9.48 Å². The highest BCUT2D eigenvalue weighted by molar-refractivity contribution is 5.93. The Morgan fingerprint density at radius 1 is 1.39 bits per heavy atom. The van der Waals surface area contributed by atoms with Crippen molar-refractivity contribution in [1.29, 1.82) is 0 Å². The number of aryl methyl sites for hydroxylation is 1. The smallest absolute Gasteiger partial charge is 0.427 e. The summed E-state index contributed by atoms with van der Waals surface area (Å²) in [5.74, 6) is -0.573. The molecule has 2 saturated heterocycles. The molecule has 0 bridgehead atoms. The van der Waals surface area contributed by atoms with Crippen LogP contribution in [-0.2, 0) is 16.0 Å². The molecule has 0 N–H and O–H groups in total. The second-order valence-corrected chi connectivity index (χ2v) is 5.55. The molecule has 0 aromatic carbocycles. The number of hydrogen-bond acceptors (Lipinski definition) is 5. The van der Waals surface area contributed by atoms with E-state index in [9.17, 15) is 22.8 Å². The van der Waals surface area contributed by atoms with E-state index in [-0.39, 0.29) is 18.8 Å². The van der Waals surface area contributed by atoms with Crippen LogP contribution in [0.2, 0.25) is 0 Å². The predicted molar refractivity (Wildman–Crippen MR) is 68.7 cm³/mol. The zero-order chi connectivity index (χ0) is 16.8. The third-order valence-electron chi connectivity index (χ3n) is 3.73. The summed E-state index contributed by atoms with van der Waals surface area (Å²) in [6, 6.07) is 1.32. The molecule has 0 saturated carbocycles. The van der Waals surface area contributed by atoms with Crippen LogP contribution in [0.3, 0.4) is 0 Å². The van der Waals surface area contributed by atoms with Crippen molar-refractivity contribution in [3.05, 3.63) is 17.5 Å². The summed E-state index contributed by atoms with van der Waals surface area (Å²) in [6.45, 7) is 0.542. The highest BCUT2D eigenvalue weighted by atomic mass is 19.4. The lowest BCUT2D eigenvalue weighted by atomic mass is 10.0. The number of fused-ring (bicyclic) bond motifs is 1. The second kappa shape index (κ2) is 5.43. The van der Waals surface area contributed by atoms with Crippen molar-refractivity contribution in [3.63, 3.8) is 0 Å². The summed E-state index contributed by atoms with van der Waals surface area (Å²) in [4.78, 5) is 24.9. The van der Waals surface area contributed by atoms with Gasteiger partial charge in [0.05, 0.1) is 12.2 Å². The minimum Gasteiger partial charge on any atom is -0.427 e. The maximum atomic E-state index is 12.6. The highest BCUT2D eigenvalue weighted by Crippen LogP contribution is 2.26. The van der Waals surface area contributed by atoms with Crippen molar-refractivity contribution >= 4 is 12.1 Å². The fourth-order valence-electron chi connectivity index (χ4n) is 2.77. The van der Waals surface area contributed by atoms with Crippen LogP contribution in [-0.4, -0.2) is 58.2 Å². The Bertz CT molecular complexity index is 643. The SMILES string of the molecule is Cc1cc(C(=O)N2CCC3OC(=O)OC3C2)n(CC(F)(F)F)n1. The molecule has 1 aromatic rings. The number of likely N-dealkylation sites (tertiary alicyclic amines) is 1. The summed E-state index contributed by atoms with van der Waals surface area (Å²) in [6.07, 6.45) is -5.87. The van der Waals surface area contributed by atoms with E-state index in [1.807, 2.05) is 0 Å². The molecule has 23 heavy (non-hydrogen) atoms. The van der Waals surface area contributed by atoms with E-state index >= 15 is 0 Å². The molecule has 1 aromatic heterocycles. The minimum absolute atomic E-state index is 0.0888. The van der Waals surface area contributed by atoms with Crippen LogP contribution >= 0.6 is 0 Å². The topological polar surface area (TPSA) is 73.7 Å². The molecule has 2 fully saturated rings. The zero-order valence-electron chi connectivity index (χ0n) is 12.2. The Hall–Kier alpha value is -2.26. The van der Waals surface area contributed by atoms with Crippen LogP contribution < -0.4 is 0 Å². The molecule has 0 aliphatic carbocycles. The molecule has 1 amide bonds. The third kappa shape index (κ3) is 3.25. The van der Waals surface area contributed by atoms with Crippen molar-refractivity contribution < 1.29 is 32.2 Å². The average Bonchev–Trinajstić information content (AvgIpc) is 2.96. The Morgan fingerprint density at radius 3 is 2.78 bits per heavy atom. The zero-order valence-corrected chi connectivity index (χ0v) is 12.2. The first-order valence-corrected chi connectivity index (χ1v) is 7.01. The molecular weight excluding hydrogens is 319 g/mol. The molecule has 0 radical (unpaired) electrons. The van der Waals surface area contributed by atoms with Gasteiger partial charge in [0.15, 0.2) is 6.10 Å². The van der Waals surface area contributed by atoms with Crippen LogP contribution in [0.25, 0.3) is 0 Å². The molecule has 3 rings (SSSR count). The number of aromatic nitrogens is 2. The van der Waals surface area contributed by atoms with Gasteiger partial charge in [-0.05, 0) is 13.0 Å². The molecule has 7 nitrogen and oxygen atoms in total. The number of alkyl halides is 3. The fourth-order valence-corrected chi connectivity index (χ4v) is 2.77. The number of rotatable bonds is 2. The largest absolute Gasteiger partial charge is 0.509 e. The molecule has 2 aliphatic heterocycles. The number of ether oxygens (including phenoxy) is 2. The summed E-state index contributed by atoms with van der Waals surface area (Å²) in [7, 11) is 0. The van der Waals surface area contributed by atoms with Gasteiger partial charge >= 0.3 is 12.3 Å². The Morgan fingerprint density at radius 2 is 2.09 bits per heavy atom. The first-order valence-electron chi connectivity index (χ1n) is 7.01. The summed E-state index contributed by atoms with van der Waals surface area (Å²) in [5, 5.41) is 3.73. The van der Waals surface area contributed by atoms with Crippen molar-refractivity contribution in [2.24, 2.45) is 0 Å². The van der Waals surface area contributed by atoms with E-state index < -0.39 is 37.0 Å². The van der Waals surface area contributed by atoms with Gasteiger partial charge in [0.25, 0.3) is 5.91 Å². The average molecular weight is 333 g/mol. The lowest BCUT2D eigenvalue weighted by molar-refractivity contribution is -0.142. The first-order chi connectivity index (χ1) is 10.7. The molecular formula is C13H14F3N3O4. The fraction of sp³-hybridized carbons (Fsp3) is 0.615. The number of carbonyl (C=O) groups excluding carboxylic acids is 2. The minimum atomic E-state index is -4.48. The quantitative estimate of drug-likeness (QED) is 0.767. The first kappa shape index (κ1) is 15.6. The third-order valence-corrected chi connectivity index (χ3v) is 3.73.